The Morgan fingerprint density at radius 1 is 1.62 bits per heavy atom. The molecule has 0 unspecified atom stereocenters. The van der Waals surface area contributed by atoms with Gasteiger partial charge in [0.2, 0.25) is 0 Å². The molecule has 1 amide bonds. The van der Waals surface area contributed by atoms with Gasteiger partial charge in [-0.05, 0) is 28.9 Å². The van der Waals surface area contributed by atoms with Crippen LogP contribution in [0.15, 0.2) is 22.9 Å². The topological polar surface area (TPSA) is 45.2 Å². The highest BCUT2D eigenvalue weighted by atomic mass is 79.9. The molecule has 1 aromatic rings. The molecule has 1 aliphatic rings. The zero-order valence-electron chi connectivity index (χ0n) is 9.11. The van der Waals surface area contributed by atoms with E-state index in [9.17, 15) is 4.79 Å². The predicted molar refractivity (Wildman–Crippen MR) is 65.3 cm³/mol. The van der Waals surface area contributed by atoms with Gasteiger partial charge in [-0.2, -0.15) is 0 Å². The van der Waals surface area contributed by atoms with Crippen molar-refractivity contribution in [1.82, 2.24) is 15.2 Å². The van der Waals surface area contributed by atoms with Gasteiger partial charge in [0.25, 0.3) is 5.91 Å². The van der Waals surface area contributed by atoms with Gasteiger partial charge in [0.15, 0.2) is 0 Å². The lowest BCUT2D eigenvalue weighted by Crippen LogP contribution is -2.51. The highest BCUT2D eigenvalue weighted by Crippen LogP contribution is 2.12. The van der Waals surface area contributed by atoms with Gasteiger partial charge in [-0.15, -0.1) is 0 Å². The first kappa shape index (κ1) is 11.5. The van der Waals surface area contributed by atoms with Crippen molar-refractivity contribution >= 4 is 21.8 Å². The fraction of sp³-hybridized carbons (Fsp3) is 0.455. The van der Waals surface area contributed by atoms with Gasteiger partial charge in [0.1, 0.15) is 0 Å². The smallest absolute Gasteiger partial charge is 0.255 e. The van der Waals surface area contributed by atoms with Crippen molar-refractivity contribution in [3.8, 4) is 0 Å². The third-order valence-electron chi connectivity index (χ3n) is 2.61. The summed E-state index contributed by atoms with van der Waals surface area (Å²) in [6, 6.07) is 2.17. The molecule has 0 saturated carbocycles. The third kappa shape index (κ3) is 2.59. The van der Waals surface area contributed by atoms with Crippen LogP contribution in [0.3, 0.4) is 0 Å². The Hall–Kier alpha value is -0.940. The number of halogens is 1. The number of rotatable bonds is 1. The second-order valence-corrected chi connectivity index (χ2v) is 4.91. The van der Waals surface area contributed by atoms with Crippen LogP contribution in [-0.4, -0.2) is 41.5 Å². The molecule has 0 spiro atoms. The second kappa shape index (κ2) is 4.93. The first-order valence-electron chi connectivity index (χ1n) is 5.30. The van der Waals surface area contributed by atoms with Crippen LogP contribution in [0, 0.1) is 0 Å². The number of carbonyl (C=O) groups excluding carboxylic acids is 1. The zero-order chi connectivity index (χ0) is 11.5. The number of carbonyl (C=O) groups is 1. The standard InChI is InChI=1S/C11H14BrN3O/c1-8-7-15(3-2-14-8)11(16)9-4-10(12)6-13-5-9/h4-6,8,14H,2-3,7H2,1H3/t8-/m1/s1. The molecule has 0 bridgehead atoms. The zero-order valence-corrected chi connectivity index (χ0v) is 10.7. The number of nitrogens with zero attached hydrogens (tertiary/aromatic N) is 2. The van der Waals surface area contributed by atoms with E-state index in [1.54, 1.807) is 12.4 Å². The summed E-state index contributed by atoms with van der Waals surface area (Å²) in [6.07, 6.45) is 3.29. The van der Waals surface area contributed by atoms with Crippen LogP contribution < -0.4 is 5.32 Å². The SMILES string of the molecule is C[C@@H]1CN(C(=O)c2cncc(Br)c2)CCN1. The van der Waals surface area contributed by atoms with Crippen molar-refractivity contribution in [2.75, 3.05) is 19.6 Å². The average molecular weight is 284 g/mol. The number of piperazine rings is 1. The Bertz CT molecular complexity index is 397. The van der Waals surface area contributed by atoms with Crippen LogP contribution in [0.4, 0.5) is 0 Å². The van der Waals surface area contributed by atoms with Crippen LogP contribution in [0.2, 0.25) is 0 Å². The molecule has 0 aliphatic carbocycles. The van der Waals surface area contributed by atoms with Crippen LogP contribution in [0.25, 0.3) is 0 Å². The predicted octanol–water partition coefficient (Wildman–Crippen LogP) is 1.28. The van der Waals surface area contributed by atoms with Crippen molar-refractivity contribution < 1.29 is 4.79 Å². The molecule has 4 nitrogen and oxygen atoms in total. The van der Waals surface area contributed by atoms with Gasteiger partial charge < -0.3 is 10.2 Å². The van der Waals surface area contributed by atoms with E-state index in [1.807, 2.05) is 11.0 Å². The lowest BCUT2D eigenvalue weighted by Gasteiger charge is -2.31. The summed E-state index contributed by atoms with van der Waals surface area (Å²) in [5.74, 6) is 0.0575. The van der Waals surface area contributed by atoms with E-state index < -0.39 is 0 Å². The number of aromatic nitrogens is 1. The molecule has 1 N–H and O–H groups in total. The molecular formula is C11H14BrN3O. The lowest BCUT2D eigenvalue weighted by molar-refractivity contribution is 0.0708. The summed E-state index contributed by atoms with van der Waals surface area (Å²) in [6.45, 7) is 4.45. The summed E-state index contributed by atoms with van der Waals surface area (Å²) in [4.78, 5) is 18.0. The van der Waals surface area contributed by atoms with Crippen molar-refractivity contribution in [3.63, 3.8) is 0 Å². The van der Waals surface area contributed by atoms with Crippen LogP contribution in [0.5, 0.6) is 0 Å². The van der Waals surface area contributed by atoms with E-state index in [1.165, 1.54) is 0 Å². The Labute approximate surface area is 103 Å². The van der Waals surface area contributed by atoms with Crippen LogP contribution in [0.1, 0.15) is 17.3 Å². The number of amides is 1. The van der Waals surface area contributed by atoms with Crippen molar-refractivity contribution in [1.29, 1.82) is 0 Å². The molecule has 1 aromatic heterocycles. The molecule has 5 heteroatoms. The molecule has 1 atom stereocenters. The van der Waals surface area contributed by atoms with E-state index in [0.717, 1.165) is 24.1 Å². The fourth-order valence-electron chi connectivity index (χ4n) is 1.83. The van der Waals surface area contributed by atoms with E-state index in [2.05, 4.69) is 33.2 Å². The molecule has 86 valence electrons. The molecule has 0 aromatic carbocycles. The minimum absolute atomic E-state index is 0.0575. The van der Waals surface area contributed by atoms with E-state index >= 15 is 0 Å². The second-order valence-electron chi connectivity index (χ2n) is 4.00. The Morgan fingerprint density at radius 2 is 2.44 bits per heavy atom. The molecule has 1 aliphatic heterocycles. The quantitative estimate of drug-likeness (QED) is 0.845. The van der Waals surface area contributed by atoms with E-state index in [0.29, 0.717) is 11.6 Å². The van der Waals surface area contributed by atoms with E-state index in [-0.39, 0.29) is 5.91 Å². The molecule has 1 saturated heterocycles. The Kier molecular flexibility index (Phi) is 3.56. The first-order valence-corrected chi connectivity index (χ1v) is 6.09. The average Bonchev–Trinajstić information content (AvgIpc) is 2.28. The van der Waals surface area contributed by atoms with Crippen molar-refractivity contribution in [3.05, 3.63) is 28.5 Å². The third-order valence-corrected chi connectivity index (χ3v) is 3.04. The van der Waals surface area contributed by atoms with Gasteiger partial charge in [-0.25, -0.2) is 0 Å². The van der Waals surface area contributed by atoms with Gasteiger partial charge in [0, 0.05) is 42.5 Å². The van der Waals surface area contributed by atoms with Crippen molar-refractivity contribution in [2.45, 2.75) is 13.0 Å². The normalized spacial score (nSPS) is 20.9. The first-order chi connectivity index (χ1) is 7.66. The summed E-state index contributed by atoms with van der Waals surface area (Å²) in [5, 5.41) is 3.31. The Balaban J connectivity index is 2.12. The number of nitrogens with one attached hydrogen (secondary N) is 1. The summed E-state index contributed by atoms with van der Waals surface area (Å²) in [5.41, 5.74) is 0.642. The van der Waals surface area contributed by atoms with Crippen LogP contribution >= 0.6 is 15.9 Å². The fourth-order valence-corrected chi connectivity index (χ4v) is 2.19. The number of hydrogen-bond acceptors (Lipinski definition) is 3. The largest absolute Gasteiger partial charge is 0.336 e. The van der Waals surface area contributed by atoms with Gasteiger partial charge in [-0.1, -0.05) is 0 Å². The maximum Gasteiger partial charge on any atom is 0.255 e. The lowest BCUT2D eigenvalue weighted by atomic mass is 10.2. The minimum atomic E-state index is 0.0575. The molecule has 2 rings (SSSR count). The van der Waals surface area contributed by atoms with Crippen LogP contribution in [-0.2, 0) is 0 Å². The van der Waals surface area contributed by atoms with Crippen molar-refractivity contribution in [2.24, 2.45) is 0 Å². The monoisotopic (exact) mass is 283 g/mol. The summed E-state index contributed by atoms with van der Waals surface area (Å²) < 4.78 is 0.835. The van der Waals surface area contributed by atoms with E-state index in [4.69, 9.17) is 0 Å². The summed E-state index contributed by atoms with van der Waals surface area (Å²) >= 11 is 3.32. The highest BCUT2D eigenvalue weighted by Gasteiger charge is 2.21. The summed E-state index contributed by atoms with van der Waals surface area (Å²) in [7, 11) is 0. The molecule has 2 heterocycles. The van der Waals surface area contributed by atoms with Gasteiger partial charge >= 0.3 is 0 Å². The minimum Gasteiger partial charge on any atom is -0.336 e. The Morgan fingerprint density at radius 3 is 3.12 bits per heavy atom. The number of pyridine rings is 1. The van der Waals surface area contributed by atoms with Gasteiger partial charge in [0.05, 0.1) is 5.56 Å². The molecule has 16 heavy (non-hydrogen) atoms. The maximum absolute atomic E-state index is 12.1. The maximum atomic E-state index is 12.1. The number of hydrogen-bond donors (Lipinski definition) is 1. The highest BCUT2D eigenvalue weighted by molar-refractivity contribution is 9.10. The van der Waals surface area contributed by atoms with Gasteiger partial charge in [-0.3, -0.25) is 9.78 Å². The molecule has 1 fully saturated rings. The molecular weight excluding hydrogens is 270 g/mol. The molecule has 0 radical (unpaired) electrons.